The molecule has 17 heavy (non-hydrogen) atoms. The predicted molar refractivity (Wildman–Crippen MR) is 74.4 cm³/mol. The quantitative estimate of drug-likeness (QED) is 0.778. The van der Waals surface area contributed by atoms with Gasteiger partial charge in [-0.15, -0.1) is 11.3 Å². The van der Waals surface area contributed by atoms with Crippen molar-refractivity contribution in [3.63, 3.8) is 0 Å². The third-order valence-corrected chi connectivity index (χ3v) is 3.62. The second-order valence-electron chi connectivity index (χ2n) is 4.95. The number of aryl methyl sites for hydroxylation is 2. The highest BCUT2D eigenvalue weighted by atomic mass is 32.1. The highest BCUT2D eigenvalue weighted by molar-refractivity contribution is 7.09. The van der Waals surface area contributed by atoms with Gasteiger partial charge in [-0.3, -0.25) is 0 Å². The van der Waals surface area contributed by atoms with Gasteiger partial charge in [0.2, 0.25) is 0 Å². The zero-order chi connectivity index (χ0) is 12.4. The Kier molecular flexibility index (Phi) is 3.63. The van der Waals surface area contributed by atoms with E-state index >= 15 is 0 Å². The van der Waals surface area contributed by atoms with Crippen LogP contribution in [0.4, 0.5) is 0 Å². The SMILES string of the molecule is Cc1cc(-c2n[c]sc2C)ccc1CC(C)C. The van der Waals surface area contributed by atoms with E-state index in [1.807, 2.05) is 0 Å². The minimum absolute atomic E-state index is 0.703. The van der Waals surface area contributed by atoms with Crippen molar-refractivity contribution in [3.8, 4) is 11.3 Å². The summed E-state index contributed by atoms with van der Waals surface area (Å²) in [6, 6.07) is 6.66. The van der Waals surface area contributed by atoms with Gasteiger partial charge in [0.15, 0.2) is 5.51 Å². The van der Waals surface area contributed by atoms with Crippen molar-refractivity contribution in [2.75, 3.05) is 0 Å². The van der Waals surface area contributed by atoms with Crippen LogP contribution >= 0.6 is 11.3 Å². The Morgan fingerprint density at radius 2 is 2.06 bits per heavy atom. The third kappa shape index (κ3) is 2.75. The van der Waals surface area contributed by atoms with Crippen molar-refractivity contribution in [2.24, 2.45) is 5.92 Å². The Morgan fingerprint density at radius 1 is 1.29 bits per heavy atom. The molecule has 0 fully saturated rings. The van der Waals surface area contributed by atoms with Crippen LogP contribution in [0.15, 0.2) is 18.2 Å². The van der Waals surface area contributed by atoms with Crippen LogP contribution in [-0.4, -0.2) is 4.98 Å². The molecule has 0 bridgehead atoms. The molecule has 1 nitrogen and oxygen atoms in total. The van der Waals surface area contributed by atoms with Gasteiger partial charge in [0.25, 0.3) is 0 Å². The number of rotatable bonds is 3. The number of hydrogen-bond acceptors (Lipinski definition) is 2. The number of nitrogens with zero attached hydrogens (tertiary/aromatic N) is 1. The smallest absolute Gasteiger partial charge is 0.153 e. The van der Waals surface area contributed by atoms with E-state index in [0.717, 1.165) is 12.1 Å². The van der Waals surface area contributed by atoms with Gasteiger partial charge in [-0.25, -0.2) is 4.98 Å². The Morgan fingerprint density at radius 3 is 2.59 bits per heavy atom. The van der Waals surface area contributed by atoms with Crippen molar-refractivity contribution >= 4 is 11.3 Å². The summed E-state index contributed by atoms with van der Waals surface area (Å²) in [7, 11) is 0. The molecular formula is C15H18NS. The summed E-state index contributed by atoms with van der Waals surface area (Å²) in [4.78, 5) is 5.55. The number of aromatic nitrogens is 1. The molecule has 1 heterocycles. The van der Waals surface area contributed by atoms with Gasteiger partial charge in [-0.2, -0.15) is 0 Å². The topological polar surface area (TPSA) is 12.9 Å². The van der Waals surface area contributed by atoms with Crippen molar-refractivity contribution in [1.29, 1.82) is 0 Å². The first-order valence-corrected chi connectivity index (χ1v) is 6.83. The summed E-state index contributed by atoms with van der Waals surface area (Å²) in [5.74, 6) is 0.703. The van der Waals surface area contributed by atoms with Crippen LogP contribution in [0.5, 0.6) is 0 Å². The maximum atomic E-state index is 4.31. The monoisotopic (exact) mass is 244 g/mol. The average Bonchev–Trinajstić information content (AvgIpc) is 2.67. The Bertz CT molecular complexity index is 511. The number of hydrogen-bond donors (Lipinski definition) is 0. The lowest BCUT2D eigenvalue weighted by Gasteiger charge is -2.10. The maximum absolute atomic E-state index is 4.31. The predicted octanol–water partition coefficient (Wildman–Crippen LogP) is 4.43. The largest absolute Gasteiger partial charge is 0.233 e. The summed E-state index contributed by atoms with van der Waals surface area (Å²) < 4.78 is 0. The molecule has 2 rings (SSSR count). The van der Waals surface area contributed by atoms with Crippen molar-refractivity contribution < 1.29 is 0 Å². The second kappa shape index (κ2) is 5.01. The van der Waals surface area contributed by atoms with Crippen LogP contribution in [0.1, 0.15) is 29.9 Å². The summed E-state index contributed by atoms with van der Waals surface area (Å²) in [5, 5.41) is 0. The van der Waals surface area contributed by atoms with Gasteiger partial charge in [-0.05, 0) is 43.4 Å². The highest BCUT2D eigenvalue weighted by Gasteiger charge is 2.08. The summed E-state index contributed by atoms with van der Waals surface area (Å²) in [6.07, 6.45) is 1.15. The molecule has 1 aromatic heterocycles. The first-order chi connectivity index (χ1) is 8.08. The molecule has 0 aliphatic heterocycles. The lowest BCUT2D eigenvalue weighted by Crippen LogP contribution is -1.97. The Labute approximate surface area is 108 Å². The summed E-state index contributed by atoms with van der Waals surface area (Å²) in [6.45, 7) is 8.80. The fraction of sp³-hybridized carbons (Fsp3) is 0.400. The van der Waals surface area contributed by atoms with E-state index in [2.05, 4.69) is 56.4 Å². The minimum Gasteiger partial charge on any atom is -0.233 e. The fourth-order valence-electron chi connectivity index (χ4n) is 2.04. The highest BCUT2D eigenvalue weighted by Crippen LogP contribution is 2.26. The van der Waals surface area contributed by atoms with E-state index in [1.165, 1.54) is 21.6 Å². The minimum atomic E-state index is 0.703. The Hall–Kier alpha value is -1.15. The molecule has 0 saturated heterocycles. The molecule has 0 amide bonds. The molecule has 0 saturated carbocycles. The van der Waals surface area contributed by atoms with Crippen LogP contribution in [-0.2, 0) is 6.42 Å². The van der Waals surface area contributed by atoms with Crippen molar-refractivity contribution in [1.82, 2.24) is 4.98 Å². The van der Waals surface area contributed by atoms with Crippen LogP contribution < -0.4 is 0 Å². The van der Waals surface area contributed by atoms with Crippen molar-refractivity contribution in [2.45, 2.75) is 34.1 Å². The van der Waals surface area contributed by atoms with Gasteiger partial charge < -0.3 is 0 Å². The van der Waals surface area contributed by atoms with Crippen LogP contribution in [0.2, 0.25) is 0 Å². The van der Waals surface area contributed by atoms with E-state index in [0.29, 0.717) is 5.92 Å². The van der Waals surface area contributed by atoms with Gasteiger partial charge in [0, 0.05) is 10.4 Å². The lowest BCUT2D eigenvalue weighted by molar-refractivity contribution is 0.645. The molecule has 0 aliphatic rings. The van der Waals surface area contributed by atoms with E-state index in [1.54, 1.807) is 11.3 Å². The molecule has 2 heteroatoms. The average molecular weight is 244 g/mol. The van der Waals surface area contributed by atoms with E-state index in [-0.39, 0.29) is 0 Å². The molecule has 0 aliphatic carbocycles. The molecule has 0 spiro atoms. The molecular weight excluding hydrogens is 226 g/mol. The fourth-order valence-corrected chi connectivity index (χ4v) is 2.58. The third-order valence-electron chi connectivity index (χ3n) is 2.93. The van der Waals surface area contributed by atoms with E-state index in [4.69, 9.17) is 0 Å². The molecule has 0 unspecified atom stereocenters. The van der Waals surface area contributed by atoms with Crippen LogP contribution in [0.25, 0.3) is 11.3 Å². The zero-order valence-corrected chi connectivity index (χ0v) is 11.7. The lowest BCUT2D eigenvalue weighted by atomic mass is 9.96. The van der Waals surface area contributed by atoms with Gasteiger partial charge in [0.1, 0.15) is 0 Å². The molecule has 89 valence electrons. The summed E-state index contributed by atoms with van der Waals surface area (Å²) >= 11 is 1.58. The van der Waals surface area contributed by atoms with Gasteiger partial charge in [0.05, 0.1) is 5.69 Å². The first-order valence-electron chi connectivity index (χ1n) is 6.01. The second-order valence-corrected chi connectivity index (χ2v) is 5.95. The van der Waals surface area contributed by atoms with Gasteiger partial charge in [-0.1, -0.05) is 26.0 Å². The Balaban J connectivity index is 2.34. The molecule has 1 aromatic carbocycles. The summed E-state index contributed by atoms with van der Waals surface area (Å²) in [5.41, 5.74) is 8.05. The maximum Gasteiger partial charge on any atom is 0.153 e. The van der Waals surface area contributed by atoms with Gasteiger partial charge >= 0.3 is 0 Å². The zero-order valence-electron chi connectivity index (χ0n) is 10.9. The van der Waals surface area contributed by atoms with E-state index < -0.39 is 0 Å². The standard InChI is InChI=1S/C15H18NS/c1-10(2)7-13-5-6-14(8-11(13)3)15-12(4)17-9-16-15/h5-6,8,10H,7H2,1-4H3. The molecule has 1 radical (unpaired) electrons. The molecule has 0 atom stereocenters. The number of benzene rings is 1. The number of thiazole rings is 1. The van der Waals surface area contributed by atoms with Crippen LogP contribution in [0.3, 0.4) is 0 Å². The van der Waals surface area contributed by atoms with Crippen LogP contribution in [0, 0.1) is 25.3 Å². The normalized spacial score (nSPS) is 11.1. The van der Waals surface area contributed by atoms with E-state index in [9.17, 15) is 0 Å². The van der Waals surface area contributed by atoms with Crippen molar-refractivity contribution in [3.05, 3.63) is 39.7 Å². The molecule has 0 N–H and O–H groups in total. The molecule has 2 aromatic rings. The first kappa shape index (κ1) is 12.3.